The van der Waals surface area contributed by atoms with Crippen molar-refractivity contribution in [2.24, 2.45) is 0 Å². The maximum Gasteiger partial charge on any atom is 0.170 e. The molecule has 2 aliphatic rings. The van der Waals surface area contributed by atoms with Gasteiger partial charge in [0.1, 0.15) is 5.82 Å². The smallest absolute Gasteiger partial charge is 0.170 e. The Labute approximate surface area is 175 Å². The highest BCUT2D eigenvalue weighted by atomic mass is 32.1. The summed E-state index contributed by atoms with van der Waals surface area (Å²) in [6, 6.07) is 17.2. The molecular formula is C23H23FN4S. The van der Waals surface area contributed by atoms with Crippen molar-refractivity contribution in [1.82, 2.24) is 19.8 Å². The molecule has 0 radical (unpaired) electrons. The molecule has 0 amide bonds. The monoisotopic (exact) mass is 406 g/mol. The number of para-hydroxylation sites is 1. The van der Waals surface area contributed by atoms with E-state index in [9.17, 15) is 4.39 Å². The molecular weight excluding hydrogens is 383 g/mol. The number of nitrogens with zero attached hydrogens (tertiary/aromatic N) is 3. The van der Waals surface area contributed by atoms with Gasteiger partial charge in [0.05, 0.1) is 23.5 Å². The van der Waals surface area contributed by atoms with Crippen LogP contribution >= 0.6 is 12.2 Å². The van der Waals surface area contributed by atoms with Crippen LogP contribution in [0.4, 0.5) is 4.39 Å². The fraction of sp³-hybridized carbons (Fsp3) is 0.304. The van der Waals surface area contributed by atoms with Gasteiger partial charge in [-0.1, -0.05) is 31.0 Å². The van der Waals surface area contributed by atoms with Crippen LogP contribution in [0.2, 0.25) is 0 Å². The van der Waals surface area contributed by atoms with Gasteiger partial charge in [-0.2, -0.15) is 0 Å². The summed E-state index contributed by atoms with van der Waals surface area (Å²) in [5, 5.41) is 4.28. The Kier molecular flexibility index (Phi) is 4.79. The van der Waals surface area contributed by atoms with Gasteiger partial charge in [0, 0.05) is 24.1 Å². The minimum atomic E-state index is -0.236. The van der Waals surface area contributed by atoms with Crippen LogP contribution in [0.1, 0.15) is 49.2 Å². The maximum absolute atomic E-state index is 14.6. The molecule has 1 aromatic carbocycles. The Bertz CT molecular complexity index is 1010. The second-order valence-corrected chi connectivity index (χ2v) is 8.11. The zero-order chi connectivity index (χ0) is 19.8. The zero-order valence-corrected chi connectivity index (χ0v) is 16.9. The minimum absolute atomic E-state index is 0.0462. The summed E-state index contributed by atoms with van der Waals surface area (Å²) < 4.78 is 16.6. The van der Waals surface area contributed by atoms with Crippen LogP contribution in [0, 0.1) is 5.82 Å². The lowest BCUT2D eigenvalue weighted by atomic mass is 9.99. The SMILES string of the molecule is Fc1ccccc1-n1cccc1[C@@H]1[C@@H](c2ccccn2)NC(=S)N1C1CCCC1. The molecule has 5 rings (SSSR count). The van der Waals surface area contributed by atoms with Gasteiger partial charge in [0.2, 0.25) is 0 Å². The van der Waals surface area contributed by atoms with Crippen molar-refractivity contribution in [2.45, 2.75) is 43.8 Å². The first kappa shape index (κ1) is 18.3. The highest BCUT2D eigenvalue weighted by Gasteiger charge is 2.44. The van der Waals surface area contributed by atoms with Gasteiger partial charge >= 0.3 is 0 Å². The van der Waals surface area contributed by atoms with Crippen LogP contribution in [0.15, 0.2) is 67.0 Å². The van der Waals surface area contributed by atoms with Crippen molar-refractivity contribution < 1.29 is 4.39 Å². The van der Waals surface area contributed by atoms with Crippen LogP contribution in [-0.2, 0) is 0 Å². The van der Waals surface area contributed by atoms with Gasteiger partial charge in [-0.05, 0) is 61.5 Å². The summed E-state index contributed by atoms with van der Waals surface area (Å²) in [5.41, 5.74) is 2.52. The molecule has 1 aliphatic carbocycles. The summed E-state index contributed by atoms with van der Waals surface area (Å²) in [7, 11) is 0. The molecule has 1 saturated heterocycles. The van der Waals surface area contributed by atoms with E-state index in [1.807, 2.05) is 53.4 Å². The summed E-state index contributed by atoms with van der Waals surface area (Å²) >= 11 is 5.79. The van der Waals surface area contributed by atoms with E-state index in [0.29, 0.717) is 11.7 Å². The molecule has 0 bridgehead atoms. The lowest BCUT2D eigenvalue weighted by Crippen LogP contribution is -2.38. The number of thiocarbonyl (C=S) groups is 1. The molecule has 3 aromatic rings. The van der Waals surface area contributed by atoms with E-state index in [1.54, 1.807) is 6.07 Å². The number of rotatable bonds is 4. The van der Waals surface area contributed by atoms with Gasteiger partial charge in [-0.25, -0.2) is 4.39 Å². The van der Waals surface area contributed by atoms with Gasteiger partial charge in [-0.15, -0.1) is 0 Å². The first-order chi connectivity index (χ1) is 14.2. The summed E-state index contributed by atoms with van der Waals surface area (Å²) in [6.07, 6.45) is 8.45. The molecule has 2 aromatic heterocycles. The molecule has 3 heterocycles. The summed E-state index contributed by atoms with van der Waals surface area (Å²) in [6.45, 7) is 0. The number of hydrogen-bond acceptors (Lipinski definition) is 2. The molecule has 1 aliphatic heterocycles. The van der Waals surface area contributed by atoms with Crippen LogP contribution in [0.3, 0.4) is 0 Å². The molecule has 4 nitrogen and oxygen atoms in total. The van der Waals surface area contributed by atoms with Crippen molar-refractivity contribution >= 4 is 17.3 Å². The number of hydrogen-bond donors (Lipinski definition) is 1. The molecule has 1 saturated carbocycles. The highest BCUT2D eigenvalue weighted by Crippen LogP contribution is 2.43. The Balaban J connectivity index is 1.64. The fourth-order valence-corrected chi connectivity index (χ4v) is 5.15. The summed E-state index contributed by atoms with van der Waals surface area (Å²) in [5.74, 6) is -0.236. The highest BCUT2D eigenvalue weighted by molar-refractivity contribution is 7.80. The van der Waals surface area contributed by atoms with E-state index in [-0.39, 0.29) is 17.9 Å². The number of nitrogens with one attached hydrogen (secondary N) is 1. The predicted molar refractivity (Wildman–Crippen MR) is 115 cm³/mol. The van der Waals surface area contributed by atoms with Crippen LogP contribution in [0.25, 0.3) is 5.69 Å². The molecule has 2 atom stereocenters. The number of halogens is 1. The molecule has 0 unspecified atom stereocenters. The standard InChI is InChI=1S/C23H23FN4S/c24-17-10-3-4-12-19(17)27-15-7-13-20(27)22-21(18-11-5-6-14-25-18)26-23(29)28(22)16-8-1-2-9-16/h3-7,10-16,21-22H,1-2,8-9H2,(H,26,29)/t21-,22-/m1/s1. The van der Waals surface area contributed by atoms with Gasteiger partial charge in [0.25, 0.3) is 0 Å². The number of pyridine rings is 1. The van der Waals surface area contributed by atoms with Gasteiger partial charge in [0.15, 0.2) is 5.11 Å². The first-order valence-corrected chi connectivity index (χ1v) is 10.6. The molecule has 29 heavy (non-hydrogen) atoms. The van der Waals surface area contributed by atoms with E-state index < -0.39 is 0 Å². The third-order valence-electron chi connectivity index (χ3n) is 6.05. The maximum atomic E-state index is 14.6. The second kappa shape index (κ2) is 7.59. The molecule has 1 N–H and O–H groups in total. The molecule has 6 heteroatoms. The van der Waals surface area contributed by atoms with Crippen molar-refractivity contribution in [3.05, 3.63) is 84.2 Å². The van der Waals surface area contributed by atoms with E-state index in [1.165, 1.54) is 18.9 Å². The predicted octanol–water partition coefficient (Wildman–Crippen LogP) is 4.93. The average Bonchev–Trinajstić information content (AvgIpc) is 3.48. The van der Waals surface area contributed by atoms with Crippen LogP contribution in [0.5, 0.6) is 0 Å². The topological polar surface area (TPSA) is 33.1 Å². The van der Waals surface area contributed by atoms with Crippen LogP contribution < -0.4 is 5.32 Å². The number of aromatic nitrogens is 2. The largest absolute Gasteiger partial charge is 0.352 e. The van der Waals surface area contributed by atoms with E-state index in [4.69, 9.17) is 12.2 Å². The fourth-order valence-electron chi connectivity index (χ4n) is 4.76. The quantitative estimate of drug-likeness (QED) is 0.623. The normalized spacial score (nSPS) is 22.2. The second-order valence-electron chi connectivity index (χ2n) is 7.73. The Morgan fingerprint density at radius 2 is 1.79 bits per heavy atom. The van der Waals surface area contributed by atoms with E-state index in [0.717, 1.165) is 29.3 Å². The number of benzene rings is 1. The summed E-state index contributed by atoms with van der Waals surface area (Å²) in [4.78, 5) is 6.95. The lowest BCUT2D eigenvalue weighted by Gasteiger charge is -2.33. The third kappa shape index (κ3) is 3.21. The van der Waals surface area contributed by atoms with Crippen molar-refractivity contribution in [3.8, 4) is 5.69 Å². The van der Waals surface area contributed by atoms with Crippen LogP contribution in [-0.4, -0.2) is 25.6 Å². The first-order valence-electron chi connectivity index (χ1n) is 10.2. The molecule has 0 spiro atoms. The van der Waals surface area contributed by atoms with Gasteiger partial charge in [-0.3, -0.25) is 4.98 Å². The van der Waals surface area contributed by atoms with E-state index >= 15 is 0 Å². The van der Waals surface area contributed by atoms with Crippen molar-refractivity contribution in [1.29, 1.82) is 0 Å². The Hall–Kier alpha value is -2.73. The Morgan fingerprint density at radius 3 is 2.55 bits per heavy atom. The molecule has 148 valence electrons. The molecule has 2 fully saturated rings. The van der Waals surface area contributed by atoms with E-state index in [2.05, 4.69) is 21.3 Å². The Morgan fingerprint density at radius 1 is 1.00 bits per heavy atom. The minimum Gasteiger partial charge on any atom is -0.352 e. The average molecular weight is 407 g/mol. The van der Waals surface area contributed by atoms with Crippen molar-refractivity contribution in [3.63, 3.8) is 0 Å². The van der Waals surface area contributed by atoms with Crippen molar-refractivity contribution in [2.75, 3.05) is 0 Å². The lowest BCUT2D eigenvalue weighted by molar-refractivity contribution is 0.239. The van der Waals surface area contributed by atoms with Gasteiger partial charge < -0.3 is 14.8 Å². The third-order valence-corrected chi connectivity index (χ3v) is 6.38. The zero-order valence-electron chi connectivity index (χ0n) is 16.0.